The number of hydrogen-bond acceptors (Lipinski definition) is 3. The molecule has 3 heteroatoms. The number of carbonyl (C=O) groups is 1. The summed E-state index contributed by atoms with van der Waals surface area (Å²) in [6.45, 7) is 7.45. The van der Waals surface area contributed by atoms with Gasteiger partial charge in [0.2, 0.25) is 0 Å². The van der Waals surface area contributed by atoms with Gasteiger partial charge in [-0.2, -0.15) is 5.26 Å². The average molecular weight is 195 g/mol. The summed E-state index contributed by atoms with van der Waals surface area (Å²) in [4.78, 5) is 11.6. The highest BCUT2D eigenvalue weighted by Gasteiger charge is 2.39. The van der Waals surface area contributed by atoms with E-state index in [4.69, 9.17) is 10.00 Å². The molecule has 0 aliphatic heterocycles. The van der Waals surface area contributed by atoms with Crippen LogP contribution < -0.4 is 0 Å². The number of ether oxygens (including phenoxy) is 1. The minimum Gasteiger partial charge on any atom is -0.465 e. The minimum atomic E-state index is -1.09. The molecule has 3 nitrogen and oxygen atoms in total. The van der Waals surface area contributed by atoms with Gasteiger partial charge in [-0.25, -0.2) is 4.79 Å². The maximum atomic E-state index is 11.6. The SMILES string of the molecule is C/C=C(/C)[C@@](C#N)(CC)C(=O)OCC. The van der Waals surface area contributed by atoms with Crippen LogP contribution in [-0.2, 0) is 9.53 Å². The Balaban J connectivity index is 5.10. The topological polar surface area (TPSA) is 50.1 Å². The van der Waals surface area contributed by atoms with E-state index in [9.17, 15) is 4.79 Å². The molecule has 0 spiro atoms. The molecule has 0 bridgehead atoms. The molecule has 0 heterocycles. The van der Waals surface area contributed by atoms with Crippen molar-refractivity contribution in [3.8, 4) is 6.07 Å². The van der Waals surface area contributed by atoms with E-state index in [0.29, 0.717) is 13.0 Å². The maximum Gasteiger partial charge on any atom is 0.330 e. The quantitative estimate of drug-likeness (QED) is 0.511. The predicted molar refractivity (Wildman–Crippen MR) is 54.4 cm³/mol. The number of nitrogens with zero attached hydrogens (tertiary/aromatic N) is 1. The number of allylic oxidation sites excluding steroid dienone is 1. The minimum absolute atomic E-state index is 0.305. The van der Waals surface area contributed by atoms with Gasteiger partial charge in [0, 0.05) is 0 Å². The van der Waals surface area contributed by atoms with Gasteiger partial charge in [0.15, 0.2) is 5.41 Å². The van der Waals surface area contributed by atoms with Crippen molar-refractivity contribution >= 4 is 5.97 Å². The summed E-state index contributed by atoms with van der Waals surface area (Å²) in [6.07, 6.45) is 2.22. The van der Waals surface area contributed by atoms with Crippen LogP contribution >= 0.6 is 0 Å². The van der Waals surface area contributed by atoms with Gasteiger partial charge in [-0.05, 0) is 32.8 Å². The van der Waals surface area contributed by atoms with Gasteiger partial charge in [-0.1, -0.05) is 13.0 Å². The first kappa shape index (κ1) is 12.7. The van der Waals surface area contributed by atoms with E-state index >= 15 is 0 Å². The second kappa shape index (κ2) is 5.43. The fourth-order valence-corrected chi connectivity index (χ4v) is 1.30. The first-order chi connectivity index (χ1) is 6.58. The molecule has 0 radical (unpaired) electrons. The van der Waals surface area contributed by atoms with E-state index in [1.54, 1.807) is 19.9 Å². The normalized spacial score (nSPS) is 15.5. The van der Waals surface area contributed by atoms with E-state index in [-0.39, 0.29) is 0 Å². The third-order valence-electron chi connectivity index (χ3n) is 2.45. The largest absolute Gasteiger partial charge is 0.465 e. The first-order valence-electron chi connectivity index (χ1n) is 4.80. The van der Waals surface area contributed by atoms with Gasteiger partial charge in [-0.15, -0.1) is 0 Å². The summed E-state index contributed by atoms with van der Waals surface area (Å²) >= 11 is 0. The Labute approximate surface area is 85.4 Å². The van der Waals surface area contributed by atoms with Gasteiger partial charge in [-0.3, -0.25) is 0 Å². The van der Waals surface area contributed by atoms with Crippen LogP contribution in [-0.4, -0.2) is 12.6 Å². The fraction of sp³-hybridized carbons (Fsp3) is 0.636. The molecule has 0 aromatic carbocycles. The summed E-state index contributed by atoms with van der Waals surface area (Å²) in [5.41, 5.74) is -0.342. The predicted octanol–water partition coefficient (Wildman–Crippen LogP) is 2.44. The van der Waals surface area contributed by atoms with Gasteiger partial charge < -0.3 is 4.74 Å². The molecule has 0 rings (SSSR count). The number of hydrogen-bond donors (Lipinski definition) is 0. The van der Waals surface area contributed by atoms with E-state index in [1.807, 2.05) is 13.8 Å². The van der Waals surface area contributed by atoms with Crippen molar-refractivity contribution in [2.45, 2.75) is 34.1 Å². The van der Waals surface area contributed by atoms with Gasteiger partial charge in [0.1, 0.15) is 0 Å². The lowest BCUT2D eigenvalue weighted by molar-refractivity contribution is -0.150. The van der Waals surface area contributed by atoms with Gasteiger partial charge in [0.25, 0.3) is 0 Å². The van der Waals surface area contributed by atoms with Crippen molar-refractivity contribution < 1.29 is 9.53 Å². The standard InChI is InChI=1S/C11H17NO2/c1-5-9(4)11(6-2,8-12)10(13)14-7-3/h5H,6-7H2,1-4H3/b9-5-/t11-/m0/s1. The first-order valence-corrected chi connectivity index (χ1v) is 4.80. The molecule has 0 aliphatic rings. The Kier molecular flexibility index (Phi) is 4.93. The van der Waals surface area contributed by atoms with E-state index in [0.717, 1.165) is 5.57 Å². The van der Waals surface area contributed by atoms with Crippen LogP contribution in [0.3, 0.4) is 0 Å². The summed E-state index contributed by atoms with van der Waals surface area (Å²) in [5, 5.41) is 9.08. The molecule has 0 aromatic heterocycles. The number of nitriles is 1. The zero-order valence-electron chi connectivity index (χ0n) is 9.26. The Bertz CT molecular complexity index is 276. The summed E-state index contributed by atoms with van der Waals surface area (Å²) in [6, 6.07) is 2.06. The van der Waals surface area contributed by atoms with Crippen LogP contribution in [0.15, 0.2) is 11.6 Å². The molecule has 0 fully saturated rings. The molecule has 78 valence electrons. The van der Waals surface area contributed by atoms with Crippen molar-refractivity contribution in [1.82, 2.24) is 0 Å². The molecule has 0 aliphatic carbocycles. The molecule has 14 heavy (non-hydrogen) atoms. The van der Waals surface area contributed by atoms with Crippen LogP contribution in [0, 0.1) is 16.7 Å². The highest BCUT2D eigenvalue weighted by Crippen LogP contribution is 2.31. The van der Waals surface area contributed by atoms with Crippen LogP contribution in [0.5, 0.6) is 0 Å². The van der Waals surface area contributed by atoms with Gasteiger partial charge >= 0.3 is 5.97 Å². The molecule has 0 unspecified atom stereocenters. The molecule has 0 aromatic rings. The Morgan fingerprint density at radius 1 is 1.57 bits per heavy atom. The second-order valence-electron chi connectivity index (χ2n) is 3.06. The molecule has 0 saturated carbocycles. The van der Waals surface area contributed by atoms with E-state index in [2.05, 4.69) is 6.07 Å². The number of esters is 1. The Morgan fingerprint density at radius 3 is 2.43 bits per heavy atom. The van der Waals surface area contributed by atoms with Gasteiger partial charge in [0.05, 0.1) is 12.7 Å². The molecular weight excluding hydrogens is 178 g/mol. The Hall–Kier alpha value is -1.30. The Morgan fingerprint density at radius 2 is 2.14 bits per heavy atom. The van der Waals surface area contributed by atoms with E-state index in [1.165, 1.54) is 0 Å². The van der Waals surface area contributed by atoms with Crippen molar-refractivity contribution in [1.29, 1.82) is 5.26 Å². The maximum absolute atomic E-state index is 11.6. The zero-order valence-corrected chi connectivity index (χ0v) is 9.26. The van der Waals surface area contributed by atoms with Crippen molar-refractivity contribution in [3.05, 3.63) is 11.6 Å². The van der Waals surface area contributed by atoms with E-state index < -0.39 is 11.4 Å². The third kappa shape index (κ3) is 2.14. The van der Waals surface area contributed by atoms with Crippen LogP contribution in [0.2, 0.25) is 0 Å². The summed E-state index contributed by atoms with van der Waals surface area (Å²) < 4.78 is 4.91. The zero-order chi connectivity index (χ0) is 11.2. The number of carbonyl (C=O) groups excluding carboxylic acids is 1. The molecule has 1 atom stereocenters. The highest BCUT2D eigenvalue weighted by atomic mass is 16.5. The van der Waals surface area contributed by atoms with Crippen LogP contribution in [0.1, 0.15) is 34.1 Å². The second-order valence-corrected chi connectivity index (χ2v) is 3.06. The third-order valence-corrected chi connectivity index (χ3v) is 2.45. The lowest BCUT2D eigenvalue weighted by atomic mass is 9.79. The van der Waals surface area contributed by atoms with Crippen LogP contribution in [0.4, 0.5) is 0 Å². The lowest BCUT2D eigenvalue weighted by Gasteiger charge is -2.23. The summed E-state index contributed by atoms with van der Waals surface area (Å²) in [7, 11) is 0. The summed E-state index contributed by atoms with van der Waals surface area (Å²) in [5.74, 6) is -0.444. The average Bonchev–Trinajstić information content (AvgIpc) is 2.20. The molecular formula is C11H17NO2. The monoisotopic (exact) mass is 195 g/mol. The molecule has 0 amide bonds. The van der Waals surface area contributed by atoms with Crippen molar-refractivity contribution in [2.75, 3.05) is 6.61 Å². The number of rotatable bonds is 4. The van der Waals surface area contributed by atoms with Crippen molar-refractivity contribution in [3.63, 3.8) is 0 Å². The molecule has 0 saturated heterocycles. The molecule has 0 N–H and O–H groups in total. The fourth-order valence-electron chi connectivity index (χ4n) is 1.30. The smallest absolute Gasteiger partial charge is 0.330 e. The highest BCUT2D eigenvalue weighted by molar-refractivity contribution is 5.83. The lowest BCUT2D eigenvalue weighted by Crippen LogP contribution is -2.32. The van der Waals surface area contributed by atoms with Crippen LogP contribution in [0.25, 0.3) is 0 Å². The van der Waals surface area contributed by atoms with Crippen molar-refractivity contribution in [2.24, 2.45) is 5.41 Å².